The zero-order chi connectivity index (χ0) is 17.6. The average molecular weight is 354 g/mol. The summed E-state index contributed by atoms with van der Waals surface area (Å²) in [6.07, 6.45) is 1.44. The van der Waals surface area contributed by atoms with Crippen molar-refractivity contribution < 1.29 is 9.59 Å². The molecule has 126 valence electrons. The zero-order valence-electron chi connectivity index (χ0n) is 13.0. The van der Waals surface area contributed by atoms with E-state index in [0.717, 1.165) is 0 Å². The molecule has 0 radical (unpaired) electrons. The maximum atomic E-state index is 12.1. The van der Waals surface area contributed by atoms with Crippen LogP contribution in [0.1, 0.15) is 16.1 Å². The molecule has 25 heavy (non-hydrogen) atoms. The Balaban J connectivity index is 1.58. The first kappa shape index (κ1) is 16.6. The third kappa shape index (κ3) is 4.61. The Hall–Kier alpha value is -3.26. The summed E-state index contributed by atoms with van der Waals surface area (Å²) in [5.41, 5.74) is 1.32. The van der Waals surface area contributed by atoms with E-state index in [0.29, 0.717) is 22.1 Å². The minimum atomic E-state index is -0.383. The summed E-state index contributed by atoms with van der Waals surface area (Å²) in [4.78, 5) is 41.7. The Morgan fingerprint density at radius 1 is 1.08 bits per heavy atom. The fourth-order valence-electron chi connectivity index (χ4n) is 2.06. The van der Waals surface area contributed by atoms with Gasteiger partial charge in [-0.3, -0.25) is 19.7 Å². The second kappa shape index (κ2) is 7.54. The van der Waals surface area contributed by atoms with Gasteiger partial charge in [0.05, 0.1) is 17.7 Å². The summed E-state index contributed by atoms with van der Waals surface area (Å²) in [6.45, 7) is 0. The number of hydrogen-bond acceptors (Lipinski definition) is 5. The number of aromatic amines is 1. The van der Waals surface area contributed by atoms with Crippen molar-refractivity contribution in [3.63, 3.8) is 0 Å². The van der Waals surface area contributed by atoms with Crippen molar-refractivity contribution in [2.45, 2.75) is 6.42 Å². The van der Waals surface area contributed by atoms with Gasteiger partial charge in [0, 0.05) is 23.3 Å². The highest BCUT2D eigenvalue weighted by molar-refractivity contribution is 7.14. The lowest BCUT2D eigenvalue weighted by Gasteiger charge is -2.03. The number of nitrogens with one attached hydrogen (secondary N) is 3. The summed E-state index contributed by atoms with van der Waals surface area (Å²) >= 11 is 1.23. The van der Waals surface area contributed by atoms with Crippen molar-refractivity contribution in [1.29, 1.82) is 0 Å². The van der Waals surface area contributed by atoms with Gasteiger partial charge in [-0.15, -0.1) is 11.3 Å². The van der Waals surface area contributed by atoms with Gasteiger partial charge in [0.15, 0.2) is 5.13 Å². The number of nitrogens with zero attached hydrogens (tertiary/aromatic N) is 1. The van der Waals surface area contributed by atoms with E-state index in [2.05, 4.69) is 20.6 Å². The molecule has 0 aliphatic heterocycles. The second-order valence-corrected chi connectivity index (χ2v) is 5.99. The van der Waals surface area contributed by atoms with Crippen LogP contribution in [0, 0.1) is 0 Å². The molecule has 2 amide bonds. The summed E-state index contributed by atoms with van der Waals surface area (Å²) in [5.74, 6) is -0.569. The van der Waals surface area contributed by atoms with Crippen LogP contribution in [-0.4, -0.2) is 21.8 Å². The van der Waals surface area contributed by atoms with E-state index < -0.39 is 0 Å². The van der Waals surface area contributed by atoms with E-state index in [-0.39, 0.29) is 23.8 Å². The number of hydrogen-bond donors (Lipinski definition) is 3. The fraction of sp³-hybridized carbons (Fsp3) is 0.0588. The molecule has 7 nitrogen and oxygen atoms in total. The van der Waals surface area contributed by atoms with Crippen molar-refractivity contribution in [2.24, 2.45) is 0 Å². The van der Waals surface area contributed by atoms with Gasteiger partial charge in [-0.25, -0.2) is 4.98 Å². The number of amides is 2. The third-order valence-corrected chi connectivity index (χ3v) is 4.02. The first-order chi connectivity index (χ1) is 12.1. The van der Waals surface area contributed by atoms with E-state index in [9.17, 15) is 14.4 Å². The van der Waals surface area contributed by atoms with Crippen LogP contribution in [0.2, 0.25) is 0 Å². The monoisotopic (exact) mass is 354 g/mol. The molecule has 0 bridgehead atoms. The zero-order valence-corrected chi connectivity index (χ0v) is 13.8. The van der Waals surface area contributed by atoms with Gasteiger partial charge in [0.1, 0.15) is 0 Å². The van der Waals surface area contributed by atoms with Crippen LogP contribution < -0.4 is 16.2 Å². The molecule has 0 spiro atoms. The molecule has 2 aromatic heterocycles. The Morgan fingerprint density at radius 2 is 1.88 bits per heavy atom. The van der Waals surface area contributed by atoms with Gasteiger partial charge < -0.3 is 10.3 Å². The molecule has 0 fully saturated rings. The standard InChI is InChI=1S/C17H14N4O3S/c22-14-7-6-11(9-18-14)16(24)21-17-20-13(10-25-17)8-15(23)19-12-4-2-1-3-5-12/h1-7,9-10H,8H2,(H,18,22)(H,19,23)(H,20,21,24). The Labute approximate surface area is 146 Å². The molecule has 0 unspecified atom stereocenters. The SMILES string of the molecule is O=C(Cc1csc(NC(=O)c2ccc(=O)[nH]c2)n1)Nc1ccccc1. The predicted molar refractivity (Wildman–Crippen MR) is 95.9 cm³/mol. The van der Waals surface area contributed by atoms with Crippen molar-refractivity contribution >= 4 is 34.0 Å². The number of aromatic nitrogens is 2. The number of thiazole rings is 1. The molecule has 3 N–H and O–H groups in total. The van der Waals surface area contributed by atoms with Crippen LogP contribution in [0.15, 0.2) is 58.8 Å². The van der Waals surface area contributed by atoms with Gasteiger partial charge in [-0.05, 0) is 18.2 Å². The third-order valence-electron chi connectivity index (χ3n) is 3.22. The molecule has 3 aromatic rings. The normalized spacial score (nSPS) is 10.2. The van der Waals surface area contributed by atoms with E-state index >= 15 is 0 Å². The average Bonchev–Trinajstić information content (AvgIpc) is 3.03. The maximum absolute atomic E-state index is 12.1. The number of anilines is 2. The van der Waals surface area contributed by atoms with Gasteiger partial charge in [0.25, 0.3) is 5.91 Å². The summed E-state index contributed by atoms with van der Waals surface area (Å²) in [6, 6.07) is 11.8. The lowest BCUT2D eigenvalue weighted by atomic mass is 10.3. The van der Waals surface area contributed by atoms with Crippen LogP contribution >= 0.6 is 11.3 Å². The highest BCUT2D eigenvalue weighted by Crippen LogP contribution is 2.17. The molecule has 8 heteroatoms. The van der Waals surface area contributed by atoms with E-state index in [1.807, 2.05) is 18.2 Å². The first-order valence-corrected chi connectivity index (χ1v) is 8.27. The molecular weight excluding hydrogens is 340 g/mol. The lowest BCUT2D eigenvalue weighted by Crippen LogP contribution is -2.15. The lowest BCUT2D eigenvalue weighted by molar-refractivity contribution is -0.115. The number of H-pyrrole nitrogens is 1. The Morgan fingerprint density at radius 3 is 2.60 bits per heavy atom. The number of pyridine rings is 1. The van der Waals surface area contributed by atoms with E-state index in [1.54, 1.807) is 17.5 Å². The summed E-state index contributed by atoms with van der Waals surface area (Å²) < 4.78 is 0. The molecule has 1 aromatic carbocycles. The number of rotatable bonds is 5. The van der Waals surface area contributed by atoms with Gasteiger partial charge in [0.2, 0.25) is 11.5 Å². The fourth-order valence-corrected chi connectivity index (χ4v) is 2.76. The highest BCUT2D eigenvalue weighted by atomic mass is 32.1. The first-order valence-electron chi connectivity index (χ1n) is 7.39. The second-order valence-electron chi connectivity index (χ2n) is 5.13. The molecule has 3 rings (SSSR count). The maximum Gasteiger partial charge on any atom is 0.258 e. The van der Waals surface area contributed by atoms with Crippen LogP contribution in [0.4, 0.5) is 10.8 Å². The quantitative estimate of drug-likeness (QED) is 0.654. The van der Waals surface area contributed by atoms with Gasteiger partial charge in [-0.1, -0.05) is 18.2 Å². The van der Waals surface area contributed by atoms with Crippen LogP contribution in [-0.2, 0) is 11.2 Å². The molecule has 0 saturated heterocycles. The largest absolute Gasteiger partial charge is 0.328 e. The number of carbonyl (C=O) groups excluding carboxylic acids is 2. The van der Waals surface area contributed by atoms with Crippen molar-refractivity contribution in [3.05, 3.63) is 75.7 Å². The predicted octanol–water partition coefficient (Wildman–Crippen LogP) is 2.26. The van der Waals surface area contributed by atoms with E-state index in [4.69, 9.17) is 0 Å². The number of benzene rings is 1. The number of para-hydroxylation sites is 1. The smallest absolute Gasteiger partial charge is 0.258 e. The topological polar surface area (TPSA) is 104 Å². The van der Waals surface area contributed by atoms with Crippen LogP contribution in [0.25, 0.3) is 0 Å². The molecular formula is C17H14N4O3S. The minimum absolute atomic E-state index is 0.111. The number of carbonyl (C=O) groups is 2. The van der Waals surface area contributed by atoms with Gasteiger partial charge in [-0.2, -0.15) is 0 Å². The molecule has 0 aliphatic rings. The Kier molecular flexibility index (Phi) is 5.00. The van der Waals surface area contributed by atoms with E-state index in [1.165, 1.54) is 29.7 Å². The summed E-state index contributed by atoms with van der Waals surface area (Å²) in [5, 5.41) is 7.51. The Bertz CT molecular complexity index is 929. The minimum Gasteiger partial charge on any atom is -0.328 e. The van der Waals surface area contributed by atoms with Crippen LogP contribution in [0.5, 0.6) is 0 Å². The molecule has 2 heterocycles. The van der Waals surface area contributed by atoms with Crippen molar-refractivity contribution in [2.75, 3.05) is 10.6 Å². The molecule has 0 saturated carbocycles. The molecule has 0 atom stereocenters. The molecule has 0 aliphatic carbocycles. The van der Waals surface area contributed by atoms with Crippen LogP contribution in [0.3, 0.4) is 0 Å². The van der Waals surface area contributed by atoms with Crippen molar-refractivity contribution in [3.8, 4) is 0 Å². The highest BCUT2D eigenvalue weighted by Gasteiger charge is 2.11. The summed E-state index contributed by atoms with van der Waals surface area (Å²) in [7, 11) is 0. The van der Waals surface area contributed by atoms with Gasteiger partial charge >= 0.3 is 0 Å². The van der Waals surface area contributed by atoms with Crippen molar-refractivity contribution in [1.82, 2.24) is 9.97 Å².